The van der Waals surface area contributed by atoms with Gasteiger partial charge in [-0.2, -0.15) is 0 Å². The lowest BCUT2D eigenvalue weighted by Gasteiger charge is -2.12. The number of hydrogen-bond acceptors (Lipinski definition) is 3. The summed E-state index contributed by atoms with van der Waals surface area (Å²) in [6.45, 7) is 5.88. The van der Waals surface area contributed by atoms with Crippen molar-refractivity contribution in [3.05, 3.63) is 0 Å². The third-order valence-electron chi connectivity index (χ3n) is 1.66. The summed E-state index contributed by atoms with van der Waals surface area (Å²) < 4.78 is 4.76. The summed E-state index contributed by atoms with van der Waals surface area (Å²) in [7, 11) is 0. The molecule has 1 N–H and O–H groups in total. The molecule has 0 heterocycles. The second-order valence-corrected chi connectivity index (χ2v) is 3.23. The summed E-state index contributed by atoms with van der Waals surface area (Å²) in [6, 6.07) is -0.145. The number of esters is 1. The van der Waals surface area contributed by atoms with Gasteiger partial charge in [-0.05, 0) is 20.3 Å². The van der Waals surface area contributed by atoms with Gasteiger partial charge < -0.3 is 10.1 Å². The highest BCUT2D eigenvalue weighted by Gasteiger charge is 2.11. The molecule has 0 aromatic heterocycles. The summed E-state index contributed by atoms with van der Waals surface area (Å²) >= 11 is 0. The molecule has 4 heteroatoms. The van der Waals surface area contributed by atoms with Crippen LogP contribution in [0.2, 0.25) is 0 Å². The molecule has 0 bridgehead atoms. The maximum Gasteiger partial charge on any atom is 0.307 e. The fourth-order valence-electron chi connectivity index (χ4n) is 1.09. The van der Waals surface area contributed by atoms with Gasteiger partial charge in [0, 0.05) is 12.5 Å². The maximum absolute atomic E-state index is 11.1. The zero-order chi connectivity index (χ0) is 11.0. The molecule has 0 unspecified atom stereocenters. The first-order valence-corrected chi connectivity index (χ1v) is 5.05. The van der Waals surface area contributed by atoms with Gasteiger partial charge in [0.15, 0.2) is 0 Å². The Hall–Kier alpha value is -1.06. The molecule has 0 aromatic carbocycles. The quantitative estimate of drug-likeness (QED) is 0.658. The highest BCUT2D eigenvalue weighted by molar-refractivity contribution is 5.77. The van der Waals surface area contributed by atoms with E-state index < -0.39 is 0 Å². The molecule has 1 atom stereocenters. The second-order valence-electron chi connectivity index (χ2n) is 3.23. The summed E-state index contributed by atoms with van der Waals surface area (Å²) in [4.78, 5) is 22.1. The standard InChI is InChI=1S/C10H19NO3/c1-4-6-9(12)11-8(3)7-10(13)14-5-2/h8H,4-7H2,1-3H3,(H,11,12)/t8-/m1/s1. The molecular weight excluding hydrogens is 182 g/mol. The van der Waals surface area contributed by atoms with Crippen LogP contribution in [0.1, 0.15) is 40.0 Å². The van der Waals surface area contributed by atoms with Gasteiger partial charge in [-0.15, -0.1) is 0 Å². The van der Waals surface area contributed by atoms with Gasteiger partial charge in [0.1, 0.15) is 0 Å². The number of hydrogen-bond donors (Lipinski definition) is 1. The van der Waals surface area contributed by atoms with E-state index in [4.69, 9.17) is 4.74 Å². The predicted octanol–water partition coefficient (Wildman–Crippen LogP) is 1.24. The fraction of sp³-hybridized carbons (Fsp3) is 0.800. The number of carbonyl (C=O) groups excluding carboxylic acids is 2. The van der Waals surface area contributed by atoms with E-state index >= 15 is 0 Å². The van der Waals surface area contributed by atoms with Crippen LogP contribution in [-0.4, -0.2) is 24.5 Å². The minimum atomic E-state index is -0.267. The smallest absolute Gasteiger partial charge is 0.307 e. The molecule has 0 aliphatic carbocycles. The SMILES string of the molecule is CCCC(=O)N[C@H](C)CC(=O)OCC. The first-order valence-electron chi connectivity index (χ1n) is 5.05. The van der Waals surface area contributed by atoms with Crippen LogP contribution in [-0.2, 0) is 14.3 Å². The van der Waals surface area contributed by atoms with Crippen molar-refractivity contribution in [3.63, 3.8) is 0 Å². The number of ether oxygens (including phenoxy) is 1. The van der Waals surface area contributed by atoms with Gasteiger partial charge in [0.2, 0.25) is 5.91 Å². The Balaban J connectivity index is 3.68. The molecule has 0 saturated carbocycles. The van der Waals surface area contributed by atoms with E-state index in [2.05, 4.69) is 5.32 Å². The van der Waals surface area contributed by atoms with E-state index in [1.165, 1.54) is 0 Å². The van der Waals surface area contributed by atoms with Crippen LogP contribution < -0.4 is 5.32 Å². The Morgan fingerprint density at radius 3 is 2.50 bits per heavy atom. The summed E-state index contributed by atoms with van der Waals surface area (Å²) in [6.07, 6.45) is 1.56. The van der Waals surface area contributed by atoms with Crippen LogP contribution in [0, 0.1) is 0 Å². The zero-order valence-corrected chi connectivity index (χ0v) is 9.13. The number of nitrogens with one attached hydrogen (secondary N) is 1. The lowest BCUT2D eigenvalue weighted by atomic mass is 10.2. The van der Waals surface area contributed by atoms with Gasteiger partial charge >= 0.3 is 5.97 Å². The van der Waals surface area contributed by atoms with Crippen LogP contribution in [0.15, 0.2) is 0 Å². The van der Waals surface area contributed by atoms with Crippen LogP contribution in [0.5, 0.6) is 0 Å². The Bertz CT molecular complexity index is 172. The minimum absolute atomic E-state index is 0.00991. The predicted molar refractivity (Wildman–Crippen MR) is 53.8 cm³/mol. The Morgan fingerprint density at radius 1 is 1.36 bits per heavy atom. The first kappa shape index (κ1) is 12.9. The van der Waals surface area contributed by atoms with Crippen molar-refractivity contribution in [3.8, 4) is 0 Å². The fourth-order valence-corrected chi connectivity index (χ4v) is 1.09. The van der Waals surface area contributed by atoms with Gasteiger partial charge in [-0.3, -0.25) is 9.59 Å². The van der Waals surface area contributed by atoms with Gasteiger partial charge in [0.25, 0.3) is 0 Å². The summed E-state index contributed by atoms with van der Waals surface area (Å²) in [5.41, 5.74) is 0. The monoisotopic (exact) mass is 201 g/mol. The minimum Gasteiger partial charge on any atom is -0.466 e. The average Bonchev–Trinajstić information content (AvgIpc) is 2.03. The first-order chi connectivity index (χ1) is 6.60. The highest BCUT2D eigenvalue weighted by atomic mass is 16.5. The van der Waals surface area contributed by atoms with E-state index in [0.29, 0.717) is 13.0 Å². The third-order valence-corrected chi connectivity index (χ3v) is 1.66. The molecule has 0 aliphatic rings. The molecule has 0 aliphatic heterocycles. The maximum atomic E-state index is 11.1. The lowest BCUT2D eigenvalue weighted by Crippen LogP contribution is -2.34. The Morgan fingerprint density at radius 2 is 2.00 bits per heavy atom. The third kappa shape index (κ3) is 6.46. The zero-order valence-electron chi connectivity index (χ0n) is 9.13. The molecule has 4 nitrogen and oxygen atoms in total. The number of carbonyl (C=O) groups is 2. The topological polar surface area (TPSA) is 55.4 Å². The van der Waals surface area contributed by atoms with E-state index in [9.17, 15) is 9.59 Å². The summed E-state index contributed by atoms with van der Waals surface area (Å²) in [5.74, 6) is -0.277. The van der Waals surface area contributed by atoms with Crippen LogP contribution >= 0.6 is 0 Å². The molecule has 0 spiro atoms. The van der Waals surface area contributed by atoms with Crippen molar-refractivity contribution < 1.29 is 14.3 Å². The van der Waals surface area contributed by atoms with Gasteiger partial charge in [0.05, 0.1) is 13.0 Å². The average molecular weight is 201 g/mol. The van der Waals surface area contributed by atoms with Crippen LogP contribution in [0.4, 0.5) is 0 Å². The van der Waals surface area contributed by atoms with Crippen molar-refractivity contribution in [2.45, 2.75) is 46.1 Å². The molecule has 0 aromatic rings. The largest absolute Gasteiger partial charge is 0.466 e. The van der Waals surface area contributed by atoms with Crippen molar-refractivity contribution >= 4 is 11.9 Å². The Kier molecular flexibility index (Phi) is 6.80. The van der Waals surface area contributed by atoms with Gasteiger partial charge in [-0.25, -0.2) is 0 Å². The number of rotatable bonds is 6. The van der Waals surface area contributed by atoms with Crippen LogP contribution in [0.25, 0.3) is 0 Å². The van der Waals surface area contributed by atoms with Crippen LogP contribution in [0.3, 0.4) is 0 Å². The molecular formula is C10H19NO3. The van der Waals surface area contributed by atoms with Crippen molar-refractivity contribution in [2.24, 2.45) is 0 Å². The Labute approximate surface area is 85.0 Å². The van der Waals surface area contributed by atoms with Crippen molar-refractivity contribution in [2.75, 3.05) is 6.61 Å². The normalized spacial score (nSPS) is 11.9. The molecule has 1 amide bonds. The van der Waals surface area contributed by atoms with E-state index in [1.54, 1.807) is 13.8 Å². The van der Waals surface area contributed by atoms with Crippen molar-refractivity contribution in [1.82, 2.24) is 5.32 Å². The summed E-state index contributed by atoms with van der Waals surface area (Å²) in [5, 5.41) is 2.73. The molecule has 0 saturated heterocycles. The molecule has 0 radical (unpaired) electrons. The molecule has 0 fully saturated rings. The lowest BCUT2D eigenvalue weighted by molar-refractivity contribution is -0.143. The van der Waals surface area contributed by atoms with Crippen molar-refractivity contribution in [1.29, 1.82) is 0 Å². The molecule has 82 valence electrons. The number of amides is 1. The molecule has 14 heavy (non-hydrogen) atoms. The highest BCUT2D eigenvalue weighted by Crippen LogP contribution is 1.95. The molecule has 0 rings (SSSR count). The van der Waals surface area contributed by atoms with E-state index in [-0.39, 0.29) is 24.3 Å². The van der Waals surface area contributed by atoms with E-state index in [0.717, 1.165) is 6.42 Å². The van der Waals surface area contributed by atoms with E-state index in [1.807, 2.05) is 6.92 Å². The second kappa shape index (κ2) is 7.35. The van der Waals surface area contributed by atoms with Gasteiger partial charge in [-0.1, -0.05) is 6.92 Å².